The number of aromatic nitrogens is 2. The molecule has 0 radical (unpaired) electrons. The van der Waals surface area contributed by atoms with Gasteiger partial charge in [-0.1, -0.05) is 12.8 Å². The van der Waals surface area contributed by atoms with Gasteiger partial charge in [0.1, 0.15) is 11.6 Å². The standard InChI is InChI=1S/C13H19N3O/c17-12-9-11(14-13(15-12)10-5-6-10)16-7-3-1-2-4-8-16/h9-10H,1-8H2,(H,14,15,17). The smallest absolute Gasteiger partial charge is 0.252 e. The van der Waals surface area contributed by atoms with Crippen molar-refractivity contribution in [1.82, 2.24) is 9.97 Å². The average molecular weight is 233 g/mol. The number of nitrogens with one attached hydrogen (secondary N) is 1. The zero-order chi connectivity index (χ0) is 11.7. The molecule has 0 bridgehead atoms. The van der Waals surface area contributed by atoms with Crippen LogP contribution in [0.1, 0.15) is 50.3 Å². The lowest BCUT2D eigenvalue weighted by atomic mass is 10.2. The zero-order valence-corrected chi connectivity index (χ0v) is 10.1. The van der Waals surface area contributed by atoms with Crippen molar-refractivity contribution in [2.45, 2.75) is 44.4 Å². The Bertz CT molecular complexity index is 442. The minimum Gasteiger partial charge on any atom is -0.356 e. The number of hydrogen-bond acceptors (Lipinski definition) is 3. The second-order valence-electron chi connectivity index (χ2n) is 5.16. The van der Waals surface area contributed by atoms with Crippen LogP contribution in [0.5, 0.6) is 0 Å². The third kappa shape index (κ3) is 2.51. The van der Waals surface area contributed by atoms with Crippen molar-refractivity contribution in [3.8, 4) is 0 Å². The van der Waals surface area contributed by atoms with Gasteiger partial charge in [-0.15, -0.1) is 0 Å². The summed E-state index contributed by atoms with van der Waals surface area (Å²) >= 11 is 0. The van der Waals surface area contributed by atoms with Crippen LogP contribution in [0.3, 0.4) is 0 Å². The van der Waals surface area contributed by atoms with E-state index in [1.54, 1.807) is 6.07 Å². The van der Waals surface area contributed by atoms with Crippen molar-refractivity contribution < 1.29 is 0 Å². The maximum absolute atomic E-state index is 11.6. The summed E-state index contributed by atoms with van der Waals surface area (Å²) in [4.78, 5) is 21.4. The molecule has 0 spiro atoms. The SMILES string of the molecule is O=c1cc(N2CCCCCC2)nc(C2CC2)[nH]1. The van der Waals surface area contributed by atoms with Gasteiger partial charge in [-0.05, 0) is 25.7 Å². The second kappa shape index (κ2) is 4.51. The summed E-state index contributed by atoms with van der Waals surface area (Å²) in [5, 5.41) is 0. The van der Waals surface area contributed by atoms with E-state index < -0.39 is 0 Å². The van der Waals surface area contributed by atoms with Gasteiger partial charge in [0, 0.05) is 25.1 Å². The number of nitrogens with zero attached hydrogens (tertiary/aromatic N) is 2. The summed E-state index contributed by atoms with van der Waals surface area (Å²) in [6, 6.07) is 1.65. The van der Waals surface area contributed by atoms with Crippen molar-refractivity contribution in [2.24, 2.45) is 0 Å². The Kier molecular flexibility index (Phi) is 2.87. The normalized spacial score (nSPS) is 21.3. The highest BCUT2D eigenvalue weighted by Gasteiger charge is 2.27. The molecular formula is C13H19N3O. The Morgan fingerprint density at radius 2 is 1.88 bits per heavy atom. The van der Waals surface area contributed by atoms with Gasteiger partial charge in [-0.3, -0.25) is 4.79 Å². The van der Waals surface area contributed by atoms with Crippen LogP contribution in [0.15, 0.2) is 10.9 Å². The first-order valence-corrected chi connectivity index (χ1v) is 6.69. The molecule has 1 aromatic heterocycles. The zero-order valence-electron chi connectivity index (χ0n) is 10.1. The molecule has 0 aromatic carbocycles. The predicted octanol–water partition coefficient (Wildman–Crippen LogP) is 2.03. The third-order valence-electron chi connectivity index (χ3n) is 3.64. The largest absolute Gasteiger partial charge is 0.356 e. The monoisotopic (exact) mass is 233 g/mol. The molecule has 1 N–H and O–H groups in total. The van der Waals surface area contributed by atoms with E-state index in [4.69, 9.17) is 0 Å². The lowest BCUT2D eigenvalue weighted by Gasteiger charge is -2.21. The first-order chi connectivity index (χ1) is 8.33. The molecule has 1 aliphatic carbocycles. The van der Waals surface area contributed by atoms with Crippen molar-refractivity contribution in [1.29, 1.82) is 0 Å². The average Bonchev–Trinajstić information content (AvgIpc) is 3.16. The molecule has 4 nitrogen and oxygen atoms in total. The van der Waals surface area contributed by atoms with Crippen molar-refractivity contribution >= 4 is 5.82 Å². The molecule has 92 valence electrons. The lowest BCUT2D eigenvalue weighted by molar-refractivity contribution is 0.726. The van der Waals surface area contributed by atoms with Crippen molar-refractivity contribution in [3.05, 3.63) is 22.2 Å². The molecule has 1 aromatic rings. The van der Waals surface area contributed by atoms with Crippen LogP contribution in [0.4, 0.5) is 5.82 Å². The number of rotatable bonds is 2. The highest BCUT2D eigenvalue weighted by Crippen LogP contribution is 2.37. The van der Waals surface area contributed by atoms with Gasteiger partial charge in [0.05, 0.1) is 0 Å². The first kappa shape index (κ1) is 10.8. The maximum Gasteiger partial charge on any atom is 0.252 e. The molecule has 4 heteroatoms. The summed E-state index contributed by atoms with van der Waals surface area (Å²) in [6.45, 7) is 2.08. The fraction of sp³-hybridized carbons (Fsp3) is 0.692. The van der Waals surface area contributed by atoms with E-state index in [-0.39, 0.29) is 5.56 Å². The molecule has 2 fully saturated rings. The summed E-state index contributed by atoms with van der Waals surface area (Å²) in [7, 11) is 0. The fourth-order valence-electron chi connectivity index (χ4n) is 2.48. The quantitative estimate of drug-likeness (QED) is 0.850. The van der Waals surface area contributed by atoms with Gasteiger partial charge >= 0.3 is 0 Å². The molecule has 17 heavy (non-hydrogen) atoms. The Labute approximate surface area is 101 Å². The maximum atomic E-state index is 11.6. The third-order valence-corrected chi connectivity index (χ3v) is 3.64. The van der Waals surface area contributed by atoms with E-state index in [0.29, 0.717) is 5.92 Å². The second-order valence-corrected chi connectivity index (χ2v) is 5.16. The summed E-state index contributed by atoms with van der Waals surface area (Å²) in [5.74, 6) is 2.30. The van der Waals surface area contributed by atoms with Crippen LogP contribution in [0, 0.1) is 0 Å². The molecule has 1 aliphatic heterocycles. The van der Waals surface area contributed by atoms with Gasteiger partial charge in [-0.25, -0.2) is 4.98 Å². The highest BCUT2D eigenvalue weighted by atomic mass is 16.1. The van der Waals surface area contributed by atoms with Gasteiger partial charge in [0.15, 0.2) is 0 Å². The lowest BCUT2D eigenvalue weighted by Crippen LogP contribution is -2.27. The Morgan fingerprint density at radius 3 is 2.53 bits per heavy atom. The minimum absolute atomic E-state index is 0.00106. The Hall–Kier alpha value is -1.32. The fourth-order valence-corrected chi connectivity index (χ4v) is 2.48. The van der Waals surface area contributed by atoms with Crippen molar-refractivity contribution in [3.63, 3.8) is 0 Å². The summed E-state index contributed by atoms with van der Waals surface area (Å²) < 4.78 is 0. The highest BCUT2D eigenvalue weighted by molar-refractivity contribution is 5.38. The van der Waals surface area contributed by atoms with E-state index in [1.807, 2.05) is 0 Å². The summed E-state index contributed by atoms with van der Waals surface area (Å²) in [6.07, 6.45) is 7.38. The van der Waals surface area contributed by atoms with Crippen LogP contribution >= 0.6 is 0 Å². The van der Waals surface area contributed by atoms with Crippen LogP contribution in [0.2, 0.25) is 0 Å². The van der Waals surface area contributed by atoms with E-state index in [0.717, 1.165) is 24.7 Å². The molecule has 0 unspecified atom stereocenters. The number of anilines is 1. The van der Waals surface area contributed by atoms with E-state index >= 15 is 0 Å². The molecule has 0 atom stereocenters. The molecule has 3 rings (SSSR count). The van der Waals surface area contributed by atoms with Crippen molar-refractivity contribution in [2.75, 3.05) is 18.0 Å². The predicted molar refractivity (Wildman–Crippen MR) is 67.5 cm³/mol. The Morgan fingerprint density at radius 1 is 1.18 bits per heavy atom. The first-order valence-electron chi connectivity index (χ1n) is 6.69. The summed E-state index contributed by atoms with van der Waals surface area (Å²) in [5.41, 5.74) is 0.00106. The number of aromatic amines is 1. The van der Waals surface area contributed by atoms with E-state index in [9.17, 15) is 4.79 Å². The van der Waals surface area contributed by atoms with Gasteiger partial charge in [-0.2, -0.15) is 0 Å². The van der Waals surface area contributed by atoms with Crippen LogP contribution in [0.25, 0.3) is 0 Å². The molecule has 2 heterocycles. The topological polar surface area (TPSA) is 49.0 Å². The molecule has 2 aliphatic rings. The molecule has 1 saturated carbocycles. The molecule has 1 saturated heterocycles. The number of H-pyrrole nitrogens is 1. The van der Waals surface area contributed by atoms with Crippen LogP contribution in [-0.2, 0) is 0 Å². The van der Waals surface area contributed by atoms with E-state index in [1.165, 1.54) is 38.5 Å². The van der Waals surface area contributed by atoms with Gasteiger partial charge in [0.25, 0.3) is 5.56 Å². The van der Waals surface area contributed by atoms with Gasteiger partial charge < -0.3 is 9.88 Å². The minimum atomic E-state index is 0.00106. The molecule has 0 amide bonds. The number of hydrogen-bond donors (Lipinski definition) is 1. The molecular weight excluding hydrogens is 214 g/mol. The van der Waals surface area contributed by atoms with Crippen LogP contribution in [-0.4, -0.2) is 23.1 Å². The van der Waals surface area contributed by atoms with E-state index in [2.05, 4.69) is 14.9 Å². The van der Waals surface area contributed by atoms with Crippen LogP contribution < -0.4 is 10.5 Å². The van der Waals surface area contributed by atoms with Gasteiger partial charge in [0.2, 0.25) is 0 Å². The Balaban J connectivity index is 1.87.